The number of aliphatic carboxylic acids is 1. The third-order valence-corrected chi connectivity index (χ3v) is 14.5. The molecule has 42 heavy (non-hydrogen) atoms. The van der Waals surface area contributed by atoms with Crippen LogP contribution in [0.4, 0.5) is 0 Å². The monoisotopic (exact) mass is 572 g/mol. The van der Waals surface area contributed by atoms with Crippen molar-refractivity contribution in [3.63, 3.8) is 0 Å². The van der Waals surface area contributed by atoms with Crippen LogP contribution in [-0.4, -0.2) is 24.0 Å². The van der Waals surface area contributed by atoms with E-state index >= 15 is 0 Å². The number of carboxylic acid groups (broad SMARTS) is 1. The van der Waals surface area contributed by atoms with Crippen molar-refractivity contribution < 1.29 is 19.4 Å². The van der Waals surface area contributed by atoms with Gasteiger partial charge in [0.1, 0.15) is 5.75 Å². The minimum atomic E-state index is -0.595. The average Bonchev–Trinajstić information content (AvgIpc) is 3.34. The minimum Gasteiger partial charge on any atom is -0.496 e. The molecular weight excluding hydrogens is 520 g/mol. The molecule has 1 aromatic carbocycles. The van der Waals surface area contributed by atoms with Gasteiger partial charge in [-0.05, 0) is 128 Å². The molecule has 5 aliphatic rings. The van der Waals surface area contributed by atoms with Crippen LogP contribution in [0, 0.1) is 56.7 Å². The first kappa shape index (κ1) is 29.7. The van der Waals surface area contributed by atoms with Crippen molar-refractivity contribution in [1.82, 2.24) is 0 Å². The van der Waals surface area contributed by atoms with Gasteiger partial charge in [0.05, 0.1) is 12.5 Å². The molecule has 0 saturated heterocycles. The molecule has 1 aromatic rings. The Balaban J connectivity index is 1.42. The highest BCUT2D eigenvalue weighted by molar-refractivity contribution is 6.04. The number of fused-ring (bicyclic) bond motifs is 7. The number of ether oxygens (including phenoxy) is 1. The lowest BCUT2D eigenvalue weighted by atomic mass is 9.32. The predicted molar refractivity (Wildman–Crippen MR) is 168 cm³/mol. The van der Waals surface area contributed by atoms with Crippen molar-refractivity contribution in [2.45, 2.75) is 99.3 Å². The van der Waals surface area contributed by atoms with E-state index in [0.717, 1.165) is 74.7 Å². The summed E-state index contributed by atoms with van der Waals surface area (Å²) in [7, 11) is 1.69. The Morgan fingerprint density at radius 2 is 1.67 bits per heavy atom. The summed E-state index contributed by atoms with van der Waals surface area (Å²) in [6.07, 6.45) is 10.8. The maximum Gasteiger partial charge on any atom is 0.309 e. The van der Waals surface area contributed by atoms with Crippen LogP contribution in [0.1, 0.15) is 105 Å². The second-order valence-corrected chi connectivity index (χ2v) is 16.3. The summed E-state index contributed by atoms with van der Waals surface area (Å²) >= 11 is 0. The summed E-state index contributed by atoms with van der Waals surface area (Å²) in [6.45, 7) is 18.5. The maximum atomic E-state index is 14.1. The zero-order chi connectivity index (χ0) is 30.5. The Morgan fingerprint density at radius 3 is 2.33 bits per heavy atom. The van der Waals surface area contributed by atoms with Gasteiger partial charge in [0.25, 0.3) is 0 Å². The first-order valence-corrected chi connectivity index (χ1v) is 16.4. The number of carbonyl (C=O) groups is 2. The van der Waals surface area contributed by atoms with Crippen molar-refractivity contribution >= 4 is 17.8 Å². The summed E-state index contributed by atoms with van der Waals surface area (Å²) in [5, 5.41) is 10.7. The molecule has 6 rings (SSSR count). The number of allylic oxidation sites excluding steroid dienone is 2. The van der Waals surface area contributed by atoms with E-state index < -0.39 is 16.8 Å². The van der Waals surface area contributed by atoms with Gasteiger partial charge in [-0.2, -0.15) is 0 Å². The molecule has 0 unspecified atom stereocenters. The number of ketones is 1. The molecule has 228 valence electrons. The Kier molecular flexibility index (Phi) is 6.77. The lowest BCUT2D eigenvalue weighted by Gasteiger charge is -2.72. The van der Waals surface area contributed by atoms with Crippen LogP contribution in [0.2, 0.25) is 0 Å². The van der Waals surface area contributed by atoms with Gasteiger partial charge in [0.2, 0.25) is 0 Å². The van der Waals surface area contributed by atoms with E-state index in [-0.39, 0.29) is 22.2 Å². The van der Waals surface area contributed by atoms with Gasteiger partial charge in [-0.1, -0.05) is 65.0 Å². The fourth-order valence-electron chi connectivity index (χ4n) is 12.5. The zero-order valence-electron chi connectivity index (χ0n) is 27.0. The number of carbonyl (C=O) groups excluding carboxylic acids is 1. The Morgan fingerprint density at radius 1 is 0.952 bits per heavy atom. The van der Waals surface area contributed by atoms with Crippen LogP contribution in [0.15, 0.2) is 42.0 Å². The predicted octanol–water partition coefficient (Wildman–Crippen LogP) is 9.00. The van der Waals surface area contributed by atoms with Crippen molar-refractivity contribution in [1.29, 1.82) is 0 Å². The molecule has 0 spiro atoms. The number of methoxy groups -OCH3 is 1. The Hall–Kier alpha value is -2.36. The van der Waals surface area contributed by atoms with Crippen molar-refractivity contribution in [2.75, 3.05) is 7.11 Å². The van der Waals surface area contributed by atoms with E-state index in [9.17, 15) is 14.7 Å². The van der Waals surface area contributed by atoms with Gasteiger partial charge >= 0.3 is 5.97 Å². The summed E-state index contributed by atoms with van der Waals surface area (Å²) in [4.78, 5) is 27.1. The summed E-state index contributed by atoms with van der Waals surface area (Å²) in [5.41, 5.74) is 2.23. The van der Waals surface area contributed by atoms with Crippen molar-refractivity contribution in [3.8, 4) is 5.75 Å². The van der Waals surface area contributed by atoms with E-state index in [1.807, 2.05) is 24.3 Å². The van der Waals surface area contributed by atoms with Crippen LogP contribution < -0.4 is 4.74 Å². The molecule has 0 heterocycles. The van der Waals surface area contributed by atoms with Gasteiger partial charge in [0.15, 0.2) is 5.78 Å². The third-order valence-electron chi connectivity index (χ3n) is 14.5. The van der Waals surface area contributed by atoms with Crippen LogP contribution in [0.5, 0.6) is 5.75 Å². The highest BCUT2D eigenvalue weighted by atomic mass is 16.5. The maximum absolute atomic E-state index is 14.1. The third kappa shape index (κ3) is 3.71. The molecule has 5 saturated carbocycles. The normalized spacial score (nSPS) is 44.9. The zero-order valence-corrected chi connectivity index (χ0v) is 27.0. The van der Waals surface area contributed by atoms with E-state index in [1.54, 1.807) is 7.11 Å². The Bertz CT molecular complexity index is 1350. The number of benzene rings is 1. The molecule has 0 amide bonds. The number of para-hydroxylation sites is 1. The molecule has 0 bridgehead atoms. The first-order valence-electron chi connectivity index (χ1n) is 16.4. The number of hydrogen-bond acceptors (Lipinski definition) is 3. The lowest BCUT2D eigenvalue weighted by Crippen LogP contribution is -2.67. The summed E-state index contributed by atoms with van der Waals surface area (Å²) < 4.78 is 5.66. The van der Waals surface area contributed by atoms with Crippen molar-refractivity contribution in [3.05, 3.63) is 47.6 Å². The average molecular weight is 573 g/mol. The van der Waals surface area contributed by atoms with Gasteiger partial charge < -0.3 is 9.84 Å². The van der Waals surface area contributed by atoms with Crippen molar-refractivity contribution in [2.24, 2.45) is 56.7 Å². The van der Waals surface area contributed by atoms with E-state index in [0.29, 0.717) is 29.5 Å². The van der Waals surface area contributed by atoms with Gasteiger partial charge in [-0.15, -0.1) is 0 Å². The molecule has 9 atom stereocenters. The van der Waals surface area contributed by atoms with Gasteiger partial charge in [-0.3, -0.25) is 9.59 Å². The molecule has 4 nitrogen and oxygen atoms in total. The molecule has 0 aromatic heterocycles. The van der Waals surface area contributed by atoms with Crippen LogP contribution >= 0.6 is 0 Å². The number of rotatable bonds is 4. The van der Waals surface area contributed by atoms with E-state index in [2.05, 4.69) is 54.2 Å². The first-order chi connectivity index (χ1) is 19.7. The molecule has 1 N–H and O–H groups in total. The molecule has 4 heteroatoms. The SMILES string of the molecule is C=C(C)[C@H]1CC[C@@]2(C(=O)O)CC[C@]3(C)[C@@H](CC[C@H]4[C@@]5(C)CC(=Cc6ccccc6OC)C(=O)C(C)(C)[C@@H]5CC[C@]43C)[C@@H]12. The largest absolute Gasteiger partial charge is 0.496 e. The highest BCUT2D eigenvalue weighted by Gasteiger charge is 2.72. The fraction of sp³-hybridized carbons (Fsp3) is 0.684. The second-order valence-electron chi connectivity index (χ2n) is 16.3. The quantitative estimate of drug-likeness (QED) is 0.289. The molecule has 0 aliphatic heterocycles. The number of Topliss-reactive ketones (excluding diaryl/α,β-unsaturated/α-hetero) is 1. The minimum absolute atomic E-state index is 0.00297. The van der Waals surface area contributed by atoms with Crippen LogP contribution in [0.25, 0.3) is 6.08 Å². The van der Waals surface area contributed by atoms with E-state index in [1.165, 1.54) is 5.57 Å². The van der Waals surface area contributed by atoms with E-state index in [4.69, 9.17) is 4.74 Å². The van der Waals surface area contributed by atoms with Crippen LogP contribution in [-0.2, 0) is 9.59 Å². The molecule has 5 aliphatic carbocycles. The smallest absolute Gasteiger partial charge is 0.309 e. The van der Waals surface area contributed by atoms with Crippen LogP contribution in [0.3, 0.4) is 0 Å². The number of hydrogen-bond donors (Lipinski definition) is 1. The Labute approximate surface area is 253 Å². The molecule has 5 fully saturated rings. The molecule has 0 radical (unpaired) electrons. The second kappa shape index (κ2) is 9.57. The lowest BCUT2D eigenvalue weighted by molar-refractivity contribution is -0.231. The van der Waals surface area contributed by atoms with Gasteiger partial charge in [0, 0.05) is 11.0 Å². The highest BCUT2D eigenvalue weighted by Crippen LogP contribution is 2.77. The summed E-state index contributed by atoms with van der Waals surface area (Å²) in [6, 6.07) is 8.01. The molecular formula is C38H52O4. The fourth-order valence-corrected chi connectivity index (χ4v) is 12.5. The topological polar surface area (TPSA) is 63.6 Å². The summed E-state index contributed by atoms with van der Waals surface area (Å²) in [5.74, 6) is 2.23. The van der Waals surface area contributed by atoms with Gasteiger partial charge in [-0.25, -0.2) is 0 Å². The standard InChI is InChI=1S/C38H52O4/c1-23(2)26-15-18-38(33(40)41)20-19-36(6)27(31(26)38)13-14-30-35(5)22-25(21-24-11-9-10-12-28(24)42-8)32(39)34(3,4)29(35)16-17-37(30,36)7/h9-12,21,26-27,29-31H,1,13-20,22H2,2-8H3,(H,40,41)/t26-,27+,29+,30+,31-,35+,36-,37-,38-/m1/s1. The number of carboxylic acids is 1.